The monoisotopic (exact) mass is 202 g/mol. The number of carbonyl (C=O) groups is 1. The van der Waals surface area contributed by atoms with Crippen LogP contribution < -0.4 is 0 Å². The van der Waals surface area contributed by atoms with E-state index in [1.807, 2.05) is 34.6 Å². The zero-order chi connectivity index (χ0) is 11.2. The van der Waals surface area contributed by atoms with Gasteiger partial charge in [0.2, 0.25) is 0 Å². The molecule has 0 radical (unpaired) electrons. The molecule has 0 bridgehead atoms. The molecule has 0 aromatic carbocycles. The van der Waals surface area contributed by atoms with E-state index in [2.05, 4.69) is 0 Å². The number of carbonyl (C=O) groups excluding carboxylic acids is 1. The lowest BCUT2D eigenvalue weighted by molar-refractivity contribution is -0.150. The van der Waals surface area contributed by atoms with Gasteiger partial charge in [-0.1, -0.05) is 6.92 Å². The van der Waals surface area contributed by atoms with Gasteiger partial charge in [-0.3, -0.25) is 4.79 Å². The summed E-state index contributed by atoms with van der Waals surface area (Å²) in [7, 11) is 0. The molecule has 0 aliphatic carbocycles. The van der Waals surface area contributed by atoms with Crippen LogP contribution >= 0.6 is 0 Å². The first kappa shape index (κ1) is 13.4. The number of ether oxygens (including phenoxy) is 2. The first-order chi connectivity index (χ1) is 6.43. The minimum atomic E-state index is -0.249. The summed E-state index contributed by atoms with van der Waals surface area (Å²) in [5, 5.41) is 0. The minimum Gasteiger partial charge on any atom is -0.466 e. The summed E-state index contributed by atoms with van der Waals surface area (Å²) in [6.45, 7) is 10.7. The van der Waals surface area contributed by atoms with E-state index >= 15 is 0 Å². The molecule has 14 heavy (non-hydrogen) atoms. The Hall–Kier alpha value is -0.570. The van der Waals surface area contributed by atoms with Crippen LogP contribution in [0, 0.1) is 5.92 Å². The van der Waals surface area contributed by atoms with Gasteiger partial charge in [0.1, 0.15) is 0 Å². The molecule has 0 aliphatic heterocycles. The van der Waals surface area contributed by atoms with E-state index in [-0.39, 0.29) is 17.5 Å². The molecule has 0 aromatic rings. The Morgan fingerprint density at radius 3 is 2.29 bits per heavy atom. The van der Waals surface area contributed by atoms with Crippen molar-refractivity contribution in [2.24, 2.45) is 5.92 Å². The van der Waals surface area contributed by atoms with E-state index in [1.54, 1.807) is 0 Å². The molecule has 0 spiro atoms. The highest BCUT2D eigenvalue weighted by atomic mass is 16.5. The maximum absolute atomic E-state index is 11.3. The van der Waals surface area contributed by atoms with Crippen molar-refractivity contribution in [2.75, 3.05) is 13.2 Å². The molecule has 0 rings (SSSR count). The standard InChI is InChI=1S/C11H22O3/c1-6-13-10(12)9(3)8-11(4,5)14-7-2/h9H,6-8H2,1-5H3. The van der Waals surface area contributed by atoms with Crippen LogP contribution in [0.5, 0.6) is 0 Å². The third kappa shape index (κ3) is 5.22. The first-order valence-corrected chi connectivity index (χ1v) is 5.23. The van der Waals surface area contributed by atoms with Gasteiger partial charge in [-0.05, 0) is 34.1 Å². The van der Waals surface area contributed by atoms with Gasteiger partial charge in [0.15, 0.2) is 0 Å². The summed E-state index contributed by atoms with van der Waals surface area (Å²) >= 11 is 0. The number of hydrogen-bond donors (Lipinski definition) is 0. The Balaban J connectivity index is 4.03. The lowest BCUT2D eigenvalue weighted by Gasteiger charge is -2.27. The fourth-order valence-corrected chi connectivity index (χ4v) is 1.55. The van der Waals surface area contributed by atoms with Crippen LogP contribution in [0.2, 0.25) is 0 Å². The summed E-state index contributed by atoms with van der Waals surface area (Å²) in [4.78, 5) is 11.3. The van der Waals surface area contributed by atoms with E-state index in [0.717, 1.165) is 0 Å². The van der Waals surface area contributed by atoms with Gasteiger partial charge in [-0.15, -0.1) is 0 Å². The van der Waals surface area contributed by atoms with Gasteiger partial charge >= 0.3 is 5.97 Å². The zero-order valence-electron chi connectivity index (χ0n) is 9.92. The quantitative estimate of drug-likeness (QED) is 0.620. The molecule has 0 fully saturated rings. The molecule has 84 valence electrons. The molecule has 0 saturated heterocycles. The molecule has 0 aliphatic rings. The van der Waals surface area contributed by atoms with Crippen LogP contribution in [-0.2, 0) is 14.3 Å². The Kier molecular flexibility index (Phi) is 5.77. The molecule has 1 atom stereocenters. The van der Waals surface area contributed by atoms with Gasteiger partial charge in [0, 0.05) is 6.61 Å². The molecule has 0 aromatic heterocycles. The summed E-state index contributed by atoms with van der Waals surface area (Å²) in [5.74, 6) is -0.239. The van der Waals surface area contributed by atoms with E-state index < -0.39 is 0 Å². The van der Waals surface area contributed by atoms with Crippen LogP contribution in [0.15, 0.2) is 0 Å². The number of esters is 1. The third-order valence-electron chi connectivity index (χ3n) is 2.02. The highest BCUT2D eigenvalue weighted by Crippen LogP contribution is 2.21. The zero-order valence-corrected chi connectivity index (χ0v) is 9.92. The maximum atomic E-state index is 11.3. The molecule has 3 nitrogen and oxygen atoms in total. The lowest BCUT2D eigenvalue weighted by Crippen LogP contribution is -2.30. The minimum absolute atomic E-state index is 0.100. The predicted molar refractivity (Wildman–Crippen MR) is 56.1 cm³/mol. The number of rotatable bonds is 6. The third-order valence-corrected chi connectivity index (χ3v) is 2.02. The molecule has 3 heteroatoms. The fraction of sp³-hybridized carbons (Fsp3) is 0.909. The van der Waals surface area contributed by atoms with Gasteiger partial charge in [-0.2, -0.15) is 0 Å². The van der Waals surface area contributed by atoms with Crippen LogP contribution in [0.1, 0.15) is 41.0 Å². The summed E-state index contributed by atoms with van der Waals surface area (Å²) in [6.07, 6.45) is 0.694. The van der Waals surface area contributed by atoms with E-state index in [9.17, 15) is 4.79 Å². The van der Waals surface area contributed by atoms with Gasteiger partial charge in [0.25, 0.3) is 0 Å². The van der Waals surface area contributed by atoms with Gasteiger partial charge < -0.3 is 9.47 Å². The average Bonchev–Trinajstić information content (AvgIpc) is 2.03. The maximum Gasteiger partial charge on any atom is 0.308 e. The van der Waals surface area contributed by atoms with Crippen molar-refractivity contribution in [1.82, 2.24) is 0 Å². The summed E-state index contributed by atoms with van der Waals surface area (Å²) < 4.78 is 10.5. The second kappa shape index (κ2) is 6.02. The van der Waals surface area contributed by atoms with Crippen LogP contribution in [0.25, 0.3) is 0 Å². The van der Waals surface area contributed by atoms with Gasteiger partial charge in [0.05, 0.1) is 18.1 Å². The highest BCUT2D eigenvalue weighted by Gasteiger charge is 2.25. The fourth-order valence-electron chi connectivity index (χ4n) is 1.55. The second-order valence-electron chi connectivity index (χ2n) is 4.05. The molecule has 0 amide bonds. The van der Waals surface area contributed by atoms with E-state index in [4.69, 9.17) is 9.47 Å². The lowest BCUT2D eigenvalue weighted by atomic mass is 9.95. The molecular formula is C11H22O3. The second-order valence-corrected chi connectivity index (χ2v) is 4.05. The topological polar surface area (TPSA) is 35.5 Å². The van der Waals surface area contributed by atoms with Gasteiger partial charge in [-0.25, -0.2) is 0 Å². The average molecular weight is 202 g/mol. The molecular weight excluding hydrogens is 180 g/mol. The molecule has 1 unspecified atom stereocenters. The van der Waals surface area contributed by atoms with Crippen molar-refractivity contribution in [3.63, 3.8) is 0 Å². The summed E-state index contributed by atoms with van der Waals surface area (Å²) in [5.41, 5.74) is -0.249. The van der Waals surface area contributed by atoms with Crippen LogP contribution in [-0.4, -0.2) is 24.8 Å². The van der Waals surface area contributed by atoms with Crippen molar-refractivity contribution in [3.8, 4) is 0 Å². The normalized spacial score (nSPS) is 13.8. The molecule has 0 saturated carbocycles. The van der Waals surface area contributed by atoms with Crippen molar-refractivity contribution in [3.05, 3.63) is 0 Å². The van der Waals surface area contributed by atoms with Crippen LogP contribution in [0.4, 0.5) is 0 Å². The Bertz CT molecular complexity index is 175. The van der Waals surface area contributed by atoms with E-state index in [0.29, 0.717) is 19.6 Å². The number of hydrogen-bond acceptors (Lipinski definition) is 3. The summed E-state index contributed by atoms with van der Waals surface area (Å²) in [6, 6.07) is 0. The smallest absolute Gasteiger partial charge is 0.308 e. The molecule has 0 heterocycles. The predicted octanol–water partition coefficient (Wildman–Crippen LogP) is 2.39. The van der Waals surface area contributed by atoms with Crippen LogP contribution in [0.3, 0.4) is 0 Å². The SMILES string of the molecule is CCOC(=O)C(C)CC(C)(C)OCC. The van der Waals surface area contributed by atoms with E-state index in [1.165, 1.54) is 0 Å². The Labute approximate surface area is 86.8 Å². The highest BCUT2D eigenvalue weighted by molar-refractivity contribution is 5.72. The Morgan fingerprint density at radius 2 is 1.86 bits per heavy atom. The largest absolute Gasteiger partial charge is 0.466 e. The molecule has 0 N–H and O–H groups in total. The van der Waals surface area contributed by atoms with Crippen molar-refractivity contribution < 1.29 is 14.3 Å². The Morgan fingerprint density at radius 1 is 1.29 bits per heavy atom. The van der Waals surface area contributed by atoms with Crippen molar-refractivity contribution in [1.29, 1.82) is 0 Å². The van der Waals surface area contributed by atoms with Crippen molar-refractivity contribution >= 4 is 5.97 Å². The van der Waals surface area contributed by atoms with Crippen molar-refractivity contribution in [2.45, 2.75) is 46.6 Å². The first-order valence-electron chi connectivity index (χ1n) is 5.23.